The van der Waals surface area contributed by atoms with Crippen molar-refractivity contribution >= 4 is 0 Å². The molecule has 1 N–H and O–H groups in total. The van der Waals surface area contributed by atoms with Crippen LogP contribution in [0.15, 0.2) is 12.3 Å². The van der Waals surface area contributed by atoms with Gasteiger partial charge in [-0.25, -0.2) is 0 Å². The maximum absolute atomic E-state index is 8.88. The number of hydrogen-bond donors (Lipinski definition) is 1. The fourth-order valence-electron chi connectivity index (χ4n) is 2.54. The third-order valence-electron chi connectivity index (χ3n) is 3.74. The molecule has 0 saturated heterocycles. The van der Waals surface area contributed by atoms with Gasteiger partial charge in [0, 0.05) is 26.3 Å². The summed E-state index contributed by atoms with van der Waals surface area (Å²) in [5.41, 5.74) is 2.54. The van der Waals surface area contributed by atoms with E-state index in [1.807, 2.05) is 23.9 Å². The second-order valence-corrected chi connectivity index (χ2v) is 5.31. The summed E-state index contributed by atoms with van der Waals surface area (Å²) in [5.74, 6) is 0. The van der Waals surface area contributed by atoms with Crippen LogP contribution in [0.5, 0.6) is 0 Å². The highest BCUT2D eigenvalue weighted by molar-refractivity contribution is 5.28. The molecule has 1 fully saturated rings. The van der Waals surface area contributed by atoms with Crippen molar-refractivity contribution in [1.29, 1.82) is 5.26 Å². The maximum atomic E-state index is 8.88. The molecule has 92 valence electrons. The molecule has 0 amide bonds. The molecule has 2 rings (SSSR count). The van der Waals surface area contributed by atoms with Crippen molar-refractivity contribution in [3.63, 3.8) is 0 Å². The molecular formula is C14H21N3. The molecule has 0 spiro atoms. The lowest BCUT2D eigenvalue weighted by Crippen LogP contribution is -2.23. The Morgan fingerprint density at radius 3 is 2.82 bits per heavy atom. The number of rotatable bonds is 6. The molecule has 0 radical (unpaired) electrons. The summed E-state index contributed by atoms with van der Waals surface area (Å²) in [6.07, 6.45) is 7.42. The summed E-state index contributed by atoms with van der Waals surface area (Å²) in [7, 11) is 1.92. The molecular weight excluding hydrogens is 210 g/mol. The lowest BCUT2D eigenvalue weighted by Gasteiger charge is -2.14. The summed E-state index contributed by atoms with van der Waals surface area (Å²) < 4.78 is 1.88. The van der Waals surface area contributed by atoms with Gasteiger partial charge in [0.1, 0.15) is 11.8 Å². The molecule has 0 aliphatic heterocycles. The summed E-state index contributed by atoms with van der Waals surface area (Å²) in [6.45, 7) is 4.26. The zero-order chi connectivity index (χ0) is 12.3. The van der Waals surface area contributed by atoms with Crippen molar-refractivity contribution in [3.8, 4) is 6.07 Å². The van der Waals surface area contributed by atoms with E-state index in [4.69, 9.17) is 5.26 Å². The molecule has 0 bridgehead atoms. The SMILES string of the molecule is CCCC1(CNCc2cc(C#N)n(C)c2)CC1. The quantitative estimate of drug-likeness (QED) is 0.817. The molecule has 1 heterocycles. The van der Waals surface area contributed by atoms with Gasteiger partial charge in [-0.1, -0.05) is 13.3 Å². The highest BCUT2D eigenvalue weighted by atomic mass is 14.9. The molecule has 0 aromatic carbocycles. The molecule has 3 nitrogen and oxygen atoms in total. The first-order chi connectivity index (χ1) is 8.19. The van der Waals surface area contributed by atoms with Gasteiger partial charge in [-0.05, 0) is 36.3 Å². The van der Waals surface area contributed by atoms with Crippen molar-refractivity contribution in [3.05, 3.63) is 23.5 Å². The molecule has 1 aliphatic rings. The molecule has 17 heavy (non-hydrogen) atoms. The molecule has 1 aromatic heterocycles. The van der Waals surface area contributed by atoms with Crippen LogP contribution in [0.25, 0.3) is 0 Å². The number of aryl methyl sites for hydroxylation is 1. The van der Waals surface area contributed by atoms with Crippen molar-refractivity contribution in [1.82, 2.24) is 9.88 Å². The Bertz CT molecular complexity index is 421. The van der Waals surface area contributed by atoms with Crippen molar-refractivity contribution in [2.75, 3.05) is 6.54 Å². The lowest BCUT2D eigenvalue weighted by atomic mass is 10.0. The van der Waals surface area contributed by atoms with Crippen LogP contribution in [0, 0.1) is 16.7 Å². The molecule has 0 atom stereocenters. The van der Waals surface area contributed by atoms with Crippen molar-refractivity contribution in [2.24, 2.45) is 12.5 Å². The van der Waals surface area contributed by atoms with E-state index in [9.17, 15) is 0 Å². The third kappa shape index (κ3) is 2.89. The van der Waals surface area contributed by atoms with Gasteiger partial charge in [-0.3, -0.25) is 0 Å². The smallest absolute Gasteiger partial charge is 0.120 e. The van der Waals surface area contributed by atoms with Crippen molar-refractivity contribution < 1.29 is 0 Å². The summed E-state index contributed by atoms with van der Waals surface area (Å²) in [5, 5.41) is 12.4. The molecule has 1 aliphatic carbocycles. The van der Waals surface area contributed by atoms with Gasteiger partial charge in [0.05, 0.1) is 0 Å². The predicted octanol–water partition coefficient (Wildman–Crippen LogP) is 2.57. The second kappa shape index (κ2) is 4.93. The standard InChI is InChI=1S/C14H21N3/c1-3-4-14(5-6-14)11-16-9-12-7-13(8-15)17(2)10-12/h7,10,16H,3-6,9,11H2,1-2H3. The zero-order valence-electron chi connectivity index (χ0n) is 10.8. The van der Waals surface area contributed by atoms with Gasteiger partial charge < -0.3 is 9.88 Å². The molecule has 1 aromatic rings. The van der Waals surface area contributed by atoms with E-state index in [0.717, 1.165) is 18.8 Å². The van der Waals surface area contributed by atoms with E-state index < -0.39 is 0 Å². The van der Waals surface area contributed by atoms with Gasteiger partial charge >= 0.3 is 0 Å². The first-order valence-corrected chi connectivity index (χ1v) is 6.45. The highest BCUT2D eigenvalue weighted by Crippen LogP contribution is 2.48. The van der Waals surface area contributed by atoms with Crippen LogP contribution in [0.4, 0.5) is 0 Å². The minimum Gasteiger partial charge on any atom is -0.342 e. The van der Waals surface area contributed by atoms with Crippen LogP contribution < -0.4 is 5.32 Å². The van der Waals surface area contributed by atoms with Crippen LogP contribution in [-0.2, 0) is 13.6 Å². The zero-order valence-corrected chi connectivity index (χ0v) is 10.8. The average molecular weight is 231 g/mol. The van der Waals surface area contributed by atoms with E-state index in [1.54, 1.807) is 0 Å². The largest absolute Gasteiger partial charge is 0.342 e. The van der Waals surface area contributed by atoms with E-state index in [0.29, 0.717) is 5.41 Å². The second-order valence-electron chi connectivity index (χ2n) is 5.31. The van der Waals surface area contributed by atoms with Gasteiger partial charge in [-0.15, -0.1) is 0 Å². The van der Waals surface area contributed by atoms with E-state index >= 15 is 0 Å². The number of nitrogens with zero attached hydrogens (tertiary/aromatic N) is 2. The summed E-state index contributed by atoms with van der Waals surface area (Å²) >= 11 is 0. The van der Waals surface area contributed by atoms with Gasteiger partial charge in [0.15, 0.2) is 0 Å². The topological polar surface area (TPSA) is 40.8 Å². The normalized spacial score (nSPS) is 16.8. The van der Waals surface area contributed by atoms with Crippen LogP contribution in [-0.4, -0.2) is 11.1 Å². The number of nitriles is 1. The van der Waals surface area contributed by atoms with E-state index in [-0.39, 0.29) is 0 Å². The van der Waals surface area contributed by atoms with Gasteiger partial charge in [0.2, 0.25) is 0 Å². The minimum atomic E-state index is 0.599. The summed E-state index contributed by atoms with van der Waals surface area (Å²) in [6, 6.07) is 4.15. The van der Waals surface area contributed by atoms with Crippen LogP contribution in [0.1, 0.15) is 43.9 Å². The number of aromatic nitrogens is 1. The molecule has 0 unspecified atom stereocenters. The molecule has 3 heteroatoms. The fraction of sp³-hybridized carbons (Fsp3) is 0.643. The first-order valence-electron chi connectivity index (χ1n) is 6.45. The van der Waals surface area contributed by atoms with Crippen molar-refractivity contribution in [2.45, 2.75) is 39.2 Å². The number of hydrogen-bond acceptors (Lipinski definition) is 2. The average Bonchev–Trinajstić information content (AvgIpc) is 2.96. The van der Waals surface area contributed by atoms with Crippen LogP contribution >= 0.6 is 0 Å². The number of nitrogens with one attached hydrogen (secondary N) is 1. The first kappa shape index (κ1) is 12.2. The Morgan fingerprint density at radius 1 is 1.53 bits per heavy atom. The monoisotopic (exact) mass is 231 g/mol. The fourth-order valence-corrected chi connectivity index (χ4v) is 2.54. The maximum Gasteiger partial charge on any atom is 0.120 e. The summed E-state index contributed by atoms with van der Waals surface area (Å²) in [4.78, 5) is 0. The Hall–Kier alpha value is -1.27. The Morgan fingerprint density at radius 2 is 2.29 bits per heavy atom. The minimum absolute atomic E-state index is 0.599. The Balaban J connectivity index is 1.80. The van der Waals surface area contributed by atoms with Crippen LogP contribution in [0.2, 0.25) is 0 Å². The van der Waals surface area contributed by atoms with Gasteiger partial charge in [0.25, 0.3) is 0 Å². The lowest BCUT2D eigenvalue weighted by molar-refractivity contribution is 0.421. The highest BCUT2D eigenvalue weighted by Gasteiger charge is 2.40. The Kier molecular flexibility index (Phi) is 3.54. The predicted molar refractivity (Wildman–Crippen MR) is 68.4 cm³/mol. The van der Waals surface area contributed by atoms with E-state index in [2.05, 4.69) is 18.3 Å². The van der Waals surface area contributed by atoms with Gasteiger partial charge in [-0.2, -0.15) is 5.26 Å². The van der Waals surface area contributed by atoms with Crippen LogP contribution in [0.3, 0.4) is 0 Å². The third-order valence-corrected chi connectivity index (χ3v) is 3.74. The Labute approximate surface area is 103 Å². The van der Waals surface area contributed by atoms with E-state index in [1.165, 1.54) is 31.2 Å². The molecule has 1 saturated carbocycles.